The molecule has 6 heteroatoms. The van der Waals surface area contributed by atoms with Crippen molar-refractivity contribution >= 4 is 5.97 Å². The molecule has 0 atom stereocenters. The SMILES string of the molecule is COC(=O)c1cc(-c2cc(F)ccc2OC)n[nH]1. The molecule has 0 bridgehead atoms. The first-order chi connectivity index (χ1) is 8.65. The minimum absolute atomic E-state index is 0.193. The normalized spacial score (nSPS) is 10.2. The number of aromatic amines is 1. The fourth-order valence-corrected chi connectivity index (χ4v) is 1.55. The Labute approximate surface area is 103 Å². The number of nitrogens with one attached hydrogen (secondary N) is 1. The highest BCUT2D eigenvalue weighted by Crippen LogP contribution is 2.29. The molecule has 0 saturated carbocycles. The molecule has 2 rings (SSSR count). The first-order valence-electron chi connectivity index (χ1n) is 5.13. The van der Waals surface area contributed by atoms with E-state index >= 15 is 0 Å². The maximum Gasteiger partial charge on any atom is 0.356 e. The molecule has 0 aliphatic rings. The van der Waals surface area contributed by atoms with E-state index in [-0.39, 0.29) is 5.69 Å². The molecule has 1 N–H and O–H groups in total. The second kappa shape index (κ2) is 4.87. The van der Waals surface area contributed by atoms with Gasteiger partial charge in [-0.1, -0.05) is 0 Å². The lowest BCUT2D eigenvalue weighted by Gasteiger charge is -2.05. The summed E-state index contributed by atoms with van der Waals surface area (Å²) in [6, 6.07) is 5.55. The number of rotatable bonds is 3. The van der Waals surface area contributed by atoms with Crippen LogP contribution in [-0.2, 0) is 4.74 Å². The Bertz CT molecular complexity index is 580. The van der Waals surface area contributed by atoms with Gasteiger partial charge in [0.15, 0.2) is 0 Å². The maximum atomic E-state index is 13.2. The van der Waals surface area contributed by atoms with E-state index in [0.717, 1.165) is 0 Å². The van der Waals surface area contributed by atoms with E-state index in [9.17, 15) is 9.18 Å². The highest BCUT2D eigenvalue weighted by atomic mass is 19.1. The monoisotopic (exact) mass is 250 g/mol. The van der Waals surface area contributed by atoms with Crippen molar-refractivity contribution < 1.29 is 18.7 Å². The van der Waals surface area contributed by atoms with Gasteiger partial charge in [-0.25, -0.2) is 9.18 Å². The fraction of sp³-hybridized carbons (Fsp3) is 0.167. The van der Waals surface area contributed by atoms with Crippen LogP contribution in [0.2, 0.25) is 0 Å². The van der Waals surface area contributed by atoms with Crippen molar-refractivity contribution in [2.45, 2.75) is 0 Å². The van der Waals surface area contributed by atoms with Crippen LogP contribution >= 0.6 is 0 Å². The molecule has 1 heterocycles. The van der Waals surface area contributed by atoms with Crippen molar-refractivity contribution in [2.24, 2.45) is 0 Å². The number of H-pyrrole nitrogens is 1. The number of hydrogen-bond donors (Lipinski definition) is 1. The van der Waals surface area contributed by atoms with E-state index in [2.05, 4.69) is 14.9 Å². The van der Waals surface area contributed by atoms with Crippen LogP contribution in [0, 0.1) is 5.82 Å². The summed E-state index contributed by atoms with van der Waals surface area (Å²) in [5.74, 6) is -0.475. The number of aromatic nitrogens is 2. The van der Waals surface area contributed by atoms with Gasteiger partial charge < -0.3 is 9.47 Å². The highest BCUT2D eigenvalue weighted by Gasteiger charge is 2.14. The van der Waals surface area contributed by atoms with Gasteiger partial charge in [0.25, 0.3) is 0 Å². The van der Waals surface area contributed by atoms with Gasteiger partial charge in [-0.05, 0) is 24.3 Å². The lowest BCUT2D eigenvalue weighted by atomic mass is 10.1. The number of nitrogens with zero attached hydrogens (tertiary/aromatic N) is 1. The molecule has 0 saturated heterocycles. The predicted molar refractivity (Wildman–Crippen MR) is 61.9 cm³/mol. The van der Waals surface area contributed by atoms with E-state index in [1.807, 2.05) is 0 Å². The van der Waals surface area contributed by atoms with Gasteiger partial charge >= 0.3 is 5.97 Å². The third-order valence-electron chi connectivity index (χ3n) is 2.42. The molecule has 2 aromatic rings. The predicted octanol–water partition coefficient (Wildman–Crippen LogP) is 2.01. The second-order valence-corrected chi connectivity index (χ2v) is 3.50. The number of methoxy groups -OCH3 is 2. The Morgan fingerprint density at radius 3 is 2.78 bits per heavy atom. The van der Waals surface area contributed by atoms with Gasteiger partial charge in [0.1, 0.15) is 17.3 Å². The number of carbonyl (C=O) groups excluding carboxylic acids is 1. The molecule has 0 aliphatic carbocycles. The molecular weight excluding hydrogens is 239 g/mol. The Balaban J connectivity index is 2.45. The molecule has 94 valence electrons. The Morgan fingerprint density at radius 2 is 2.11 bits per heavy atom. The van der Waals surface area contributed by atoms with E-state index in [4.69, 9.17) is 4.74 Å². The van der Waals surface area contributed by atoms with Gasteiger partial charge in [0.05, 0.1) is 19.9 Å². The second-order valence-electron chi connectivity index (χ2n) is 3.50. The van der Waals surface area contributed by atoms with Crippen molar-refractivity contribution in [1.82, 2.24) is 10.2 Å². The standard InChI is InChI=1S/C12H11FN2O3/c1-17-11-4-3-7(13)5-8(11)9-6-10(15-14-9)12(16)18-2/h3-6H,1-2H3,(H,14,15). The van der Waals surface area contributed by atoms with E-state index in [0.29, 0.717) is 17.0 Å². The van der Waals surface area contributed by atoms with Crippen LogP contribution in [0.4, 0.5) is 4.39 Å². The lowest BCUT2D eigenvalue weighted by molar-refractivity contribution is 0.0594. The first kappa shape index (κ1) is 12.1. The zero-order valence-corrected chi connectivity index (χ0v) is 9.86. The summed E-state index contributed by atoms with van der Waals surface area (Å²) in [6.45, 7) is 0. The minimum Gasteiger partial charge on any atom is -0.496 e. The molecule has 0 amide bonds. The van der Waals surface area contributed by atoms with Crippen LogP contribution < -0.4 is 4.74 Å². The van der Waals surface area contributed by atoms with Crippen LogP contribution in [0.1, 0.15) is 10.5 Å². The van der Waals surface area contributed by atoms with Crippen molar-refractivity contribution in [2.75, 3.05) is 14.2 Å². The number of halogens is 1. The third kappa shape index (κ3) is 2.17. The molecule has 0 spiro atoms. The molecule has 5 nitrogen and oxygen atoms in total. The van der Waals surface area contributed by atoms with Crippen LogP contribution in [0.5, 0.6) is 5.75 Å². The third-order valence-corrected chi connectivity index (χ3v) is 2.42. The van der Waals surface area contributed by atoms with Crippen LogP contribution in [0.15, 0.2) is 24.3 Å². The van der Waals surface area contributed by atoms with E-state index < -0.39 is 11.8 Å². The van der Waals surface area contributed by atoms with Gasteiger partial charge in [-0.15, -0.1) is 0 Å². The Hall–Kier alpha value is -2.37. The number of esters is 1. The zero-order chi connectivity index (χ0) is 13.1. The molecule has 0 fully saturated rings. The van der Waals surface area contributed by atoms with Crippen LogP contribution in [0.25, 0.3) is 11.3 Å². The van der Waals surface area contributed by atoms with E-state index in [1.165, 1.54) is 38.5 Å². The molecular formula is C12H11FN2O3. The quantitative estimate of drug-likeness (QED) is 0.846. The summed E-state index contributed by atoms with van der Waals surface area (Å²) in [6.07, 6.45) is 0. The summed E-state index contributed by atoms with van der Waals surface area (Å²) in [5, 5.41) is 6.46. The molecule has 0 unspecified atom stereocenters. The minimum atomic E-state index is -0.538. The first-order valence-corrected chi connectivity index (χ1v) is 5.13. The zero-order valence-electron chi connectivity index (χ0n) is 9.86. The number of benzene rings is 1. The summed E-state index contributed by atoms with van der Waals surface area (Å²) in [4.78, 5) is 11.3. The lowest BCUT2D eigenvalue weighted by Crippen LogP contribution is -2.00. The Kier molecular flexibility index (Phi) is 3.27. The molecule has 0 radical (unpaired) electrons. The summed E-state index contributed by atoms with van der Waals surface area (Å²) < 4.78 is 22.9. The van der Waals surface area contributed by atoms with Crippen molar-refractivity contribution in [3.63, 3.8) is 0 Å². The highest BCUT2D eigenvalue weighted by molar-refractivity contribution is 5.88. The van der Waals surface area contributed by atoms with Crippen molar-refractivity contribution in [3.05, 3.63) is 35.8 Å². The molecule has 18 heavy (non-hydrogen) atoms. The molecule has 1 aromatic heterocycles. The van der Waals surface area contributed by atoms with Crippen LogP contribution in [0.3, 0.4) is 0 Å². The average Bonchev–Trinajstić information content (AvgIpc) is 2.87. The van der Waals surface area contributed by atoms with E-state index in [1.54, 1.807) is 0 Å². The van der Waals surface area contributed by atoms with Gasteiger partial charge in [-0.3, -0.25) is 5.10 Å². The number of ether oxygens (including phenoxy) is 2. The van der Waals surface area contributed by atoms with Gasteiger partial charge in [0.2, 0.25) is 0 Å². The maximum absolute atomic E-state index is 13.2. The number of carbonyl (C=O) groups is 1. The summed E-state index contributed by atoms with van der Waals surface area (Å²) in [5.41, 5.74) is 1.06. The average molecular weight is 250 g/mol. The number of hydrogen-bond acceptors (Lipinski definition) is 4. The van der Waals surface area contributed by atoms with Gasteiger partial charge in [0, 0.05) is 5.56 Å². The largest absolute Gasteiger partial charge is 0.496 e. The van der Waals surface area contributed by atoms with Crippen molar-refractivity contribution in [1.29, 1.82) is 0 Å². The van der Waals surface area contributed by atoms with Crippen molar-refractivity contribution in [3.8, 4) is 17.0 Å². The fourth-order valence-electron chi connectivity index (χ4n) is 1.55. The van der Waals surface area contributed by atoms with Gasteiger partial charge in [-0.2, -0.15) is 5.10 Å². The summed E-state index contributed by atoms with van der Waals surface area (Å²) in [7, 11) is 2.75. The Morgan fingerprint density at radius 1 is 1.33 bits per heavy atom. The smallest absolute Gasteiger partial charge is 0.356 e. The molecule has 0 aliphatic heterocycles. The summed E-state index contributed by atoms with van der Waals surface area (Å²) >= 11 is 0. The topological polar surface area (TPSA) is 64.2 Å². The van der Waals surface area contributed by atoms with Crippen LogP contribution in [-0.4, -0.2) is 30.4 Å². The molecule has 1 aromatic carbocycles.